The maximum Gasteiger partial charge on any atom is 0.172 e. The van der Waals surface area contributed by atoms with Crippen molar-refractivity contribution < 1.29 is 14.6 Å². The van der Waals surface area contributed by atoms with Crippen LogP contribution in [0.1, 0.15) is 32.6 Å². The van der Waals surface area contributed by atoms with Gasteiger partial charge in [0, 0.05) is 19.4 Å². The van der Waals surface area contributed by atoms with Crippen molar-refractivity contribution in [1.29, 1.82) is 0 Å². The van der Waals surface area contributed by atoms with E-state index < -0.39 is 0 Å². The molecule has 0 amide bonds. The Hall–Kier alpha value is -0.380. The predicted molar refractivity (Wildman–Crippen MR) is 52.9 cm³/mol. The summed E-state index contributed by atoms with van der Waals surface area (Å²) in [6.07, 6.45) is 3.61. The smallest absolute Gasteiger partial charge is 0.172 e. The summed E-state index contributed by atoms with van der Waals surface area (Å²) in [7, 11) is 0. The third-order valence-corrected chi connectivity index (χ3v) is 3.19. The zero-order chi connectivity index (χ0) is 10.0. The van der Waals surface area contributed by atoms with Gasteiger partial charge >= 0.3 is 0 Å². The molecule has 0 bridgehead atoms. The first-order chi connectivity index (χ1) is 6.76. The van der Waals surface area contributed by atoms with E-state index in [-0.39, 0.29) is 12.4 Å². The Morgan fingerprint density at radius 3 is 2.71 bits per heavy atom. The Morgan fingerprint density at radius 1 is 1.36 bits per heavy atom. The fraction of sp³-hybridized carbons (Fsp3) is 0.818. The van der Waals surface area contributed by atoms with Crippen LogP contribution in [0, 0.1) is 0 Å². The van der Waals surface area contributed by atoms with E-state index in [1.165, 1.54) is 11.1 Å². The Balaban J connectivity index is 2.08. The second kappa shape index (κ2) is 4.01. The Bertz CT molecular complexity index is 239. The van der Waals surface area contributed by atoms with Crippen molar-refractivity contribution in [1.82, 2.24) is 0 Å². The van der Waals surface area contributed by atoms with Crippen LogP contribution in [0.4, 0.5) is 0 Å². The molecule has 0 saturated carbocycles. The highest BCUT2D eigenvalue weighted by Gasteiger charge is 2.39. The standard InChI is InChI=1S/C11H18O3/c1-9-2-4-11(13-6-7-14-11)8-10(9)3-5-12/h12H,2-8H2,1H3. The van der Waals surface area contributed by atoms with Gasteiger partial charge in [0.05, 0.1) is 13.2 Å². The molecule has 1 fully saturated rings. The molecular formula is C11H18O3. The number of rotatable bonds is 2. The lowest BCUT2D eigenvalue weighted by molar-refractivity contribution is -0.164. The molecule has 1 aliphatic heterocycles. The predicted octanol–water partition coefficient (Wildman–Crippen LogP) is 1.61. The number of hydrogen-bond acceptors (Lipinski definition) is 3. The molecule has 0 aromatic carbocycles. The van der Waals surface area contributed by atoms with Gasteiger partial charge in [-0.3, -0.25) is 0 Å². The number of hydrogen-bond donors (Lipinski definition) is 1. The van der Waals surface area contributed by atoms with Gasteiger partial charge in [0.1, 0.15) is 0 Å². The molecule has 0 aromatic rings. The van der Waals surface area contributed by atoms with Crippen LogP contribution in [0.15, 0.2) is 11.1 Å². The lowest BCUT2D eigenvalue weighted by atomic mass is 9.86. The van der Waals surface area contributed by atoms with Gasteiger partial charge in [-0.25, -0.2) is 0 Å². The van der Waals surface area contributed by atoms with Gasteiger partial charge in [0.15, 0.2) is 5.79 Å². The Labute approximate surface area is 84.7 Å². The van der Waals surface area contributed by atoms with Gasteiger partial charge in [-0.2, -0.15) is 0 Å². The van der Waals surface area contributed by atoms with Gasteiger partial charge in [0.2, 0.25) is 0 Å². The minimum atomic E-state index is -0.343. The average molecular weight is 198 g/mol. The zero-order valence-electron chi connectivity index (χ0n) is 8.71. The zero-order valence-corrected chi connectivity index (χ0v) is 8.71. The first kappa shape index (κ1) is 10.1. The summed E-state index contributed by atoms with van der Waals surface area (Å²) >= 11 is 0. The van der Waals surface area contributed by atoms with Crippen molar-refractivity contribution in [3.8, 4) is 0 Å². The van der Waals surface area contributed by atoms with Crippen molar-refractivity contribution in [3.63, 3.8) is 0 Å². The highest BCUT2D eigenvalue weighted by atomic mass is 16.7. The van der Waals surface area contributed by atoms with Crippen LogP contribution in [0.5, 0.6) is 0 Å². The van der Waals surface area contributed by atoms with Gasteiger partial charge in [-0.1, -0.05) is 11.1 Å². The van der Waals surface area contributed by atoms with E-state index in [1.807, 2.05) is 0 Å². The first-order valence-electron chi connectivity index (χ1n) is 5.32. The van der Waals surface area contributed by atoms with Crippen molar-refractivity contribution in [3.05, 3.63) is 11.1 Å². The molecule has 0 aromatic heterocycles. The molecule has 1 heterocycles. The molecule has 0 atom stereocenters. The minimum Gasteiger partial charge on any atom is -0.396 e. The summed E-state index contributed by atoms with van der Waals surface area (Å²) < 4.78 is 11.3. The summed E-state index contributed by atoms with van der Waals surface area (Å²) in [6, 6.07) is 0. The van der Waals surface area contributed by atoms with Crippen LogP contribution in [-0.2, 0) is 9.47 Å². The van der Waals surface area contributed by atoms with Crippen LogP contribution < -0.4 is 0 Å². The van der Waals surface area contributed by atoms with Crippen LogP contribution in [0.2, 0.25) is 0 Å². The molecule has 1 aliphatic carbocycles. The summed E-state index contributed by atoms with van der Waals surface area (Å²) in [6.45, 7) is 3.80. The molecule has 0 unspecified atom stereocenters. The molecular weight excluding hydrogens is 180 g/mol. The van der Waals surface area contributed by atoms with Crippen LogP contribution in [-0.4, -0.2) is 30.7 Å². The molecule has 3 heteroatoms. The van der Waals surface area contributed by atoms with E-state index in [1.54, 1.807) is 0 Å². The van der Waals surface area contributed by atoms with Crippen LogP contribution in [0.25, 0.3) is 0 Å². The molecule has 2 rings (SSSR count). The number of ether oxygens (including phenoxy) is 2. The maximum atomic E-state index is 8.95. The van der Waals surface area contributed by atoms with Crippen molar-refractivity contribution in [2.24, 2.45) is 0 Å². The summed E-state index contributed by atoms with van der Waals surface area (Å²) in [4.78, 5) is 0. The number of aliphatic hydroxyl groups excluding tert-OH is 1. The molecule has 1 saturated heterocycles. The molecule has 3 nitrogen and oxygen atoms in total. The second-order valence-corrected chi connectivity index (χ2v) is 4.14. The quantitative estimate of drug-likeness (QED) is 0.685. The summed E-state index contributed by atoms with van der Waals surface area (Å²) in [5.41, 5.74) is 2.73. The van der Waals surface area contributed by atoms with Crippen molar-refractivity contribution >= 4 is 0 Å². The molecule has 1 N–H and O–H groups in total. The van der Waals surface area contributed by atoms with Crippen LogP contribution in [0.3, 0.4) is 0 Å². The number of aliphatic hydroxyl groups is 1. The second-order valence-electron chi connectivity index (χ2n) is 4.14. The van der Waals surface area contributed by atoms with Crippen LogP contribution >= 0.6 is 0 Å². The Morgan fingerprint density at radius 2 is 2.07 bits per heavy atom. The van der Waals surface area contributed by atoms with Gasteiger partial charge in [-0.05, 0) is 19.8 Å². The van der Waals surface area contributed by atoms with Gasteiger partial charge in [-0.15, -0.1) is 0 Å². The Kier molecular flexibility index (Phi) is 2.91. The topological polar surface area (TPSA) is 38.7 Å². The normalized spacial score (nSPS) is 26.1. The lowest BCUT2D eigenvalue weighted by Gasteiger charge is -2.33. The van der Waals surface area contributed by atoms with E-state index in [9.17, 15) is 0 Å². The fourth-order valence-electron chi connectivity index (χ4n) is 2.30. The van der Waals surface area contributed by atoms with Crippen molar-refractivity contribution in [2.45, 2.75) is 38.4 Å². The fourth-order valence-corrected chi connectivity index (χ4v) is 2.30. The molecule has 2 aliphatic rings. The van der Waals surface area contributed by atoms with E-state index in [4.69, 9.17) is 14.6 Å². The lowest BCUT2D eigenvalue weighted by Crippen LogP contribution is -2.33. The minimum absolute atomic E-state index is 0.225. The van der Waals surface area contributed by atoms with Crippen molar-refractivity contribution in [2.75, 3.05) is 19.8 Å². The first-order valence-corrected chi connectivity index (χ1v) is 5.32. The maximum absolute atomic E-state index is 8.95. The third-order valence-electron chi connectivity index (χ3n) is 3.19. The third kappa shape index (κ3) is 1.85. The van der Waals surface area contributed by atoms with E-state index in [0.717, 1.165) is 25.7 Å². The van der Waals surface area contributed by atoms with Gasteiger partial charge < -0.3 is 14.6 Å². The summed E-state index contributed by atoms with van der Waals surface area (Å²) in [5, 5.41) is 8.95. The SMILES string of the molecule is CC1=C(CCO)CC2(CC1)OCCO2. The monoisotopic (exact) mass is 198 g/mol. The molecule has 0 radical (unpaired) electrons. The average Bonchev–Trinajstić information content (AvgIpc) is 2.61. The molecule has 1 spiro atoms. The largest absolute Gasteiger partial charge is 0.396 e. The summed E-state index contributed by atoms with van der Waals surface area (Å²) in [5.74, 6) is -0.343. The highest BCUT2D eigenvalue weighted by Crippen LogP contribution is 2.39. The number of allylic oxidation sites excluding steroid dienone is 1. The van der Waals surface area contributed by atoms with E-state index in [2.05, 4.69) is 6.92 Å². The molecule has 14 heavy (non-hydrogen) atoms. The van der Waals surface area contributed by atoms with Gasteiger partial charge in [0.25, 0.3) is 0 Å². The highest BCUT2D eigenvalue weighted by molar-refractivity contribution is 5.18. The van der Waals surface area contributed by atoms with E-state index >= 15 is 0 Å². The molecule has 80 valence electrons. The van der Waals surface area contributed by atoms with E-state index in [0.29, 0.717) is 13.2 Å².